The van der Waals surface area contributed by atoms with Crippen molar-refractivity contribution in [1.29, 1.82) is 0 Å². The van der Waals surface area contributed by atoms with Crippen LogP contribution in [-0.2, 0) is 6.61 Å². The Kier molecular flexibility index (Phi) is 4.27. The summed E-state index contributed by atoms with van der Waals surface area (Å²) in [5.74, 6) is 1.33. The number of rotatable bonds is 3. The van der Waals surface area contributed by atoms with Crippen molar-refractivity contribution in [3.63, 3.8) is 0 Å². The number of aliphatic hydroxyl groups excluding tert-OH is 1. The molecule has 0 amide bonds. The van der Waals surface area contributed by atoms with E-state index in [0.717, 1.165) is 15.6 Å². The highest BCUT2D eigenvalue weighted by Crippen LogP contribution is 2.30. The van der Waals surface area contributed by atoms with Gasteiger partial charge in [-0.3, -0.25) is 0 Å². The first-order valence-corrected chi connectivity index (χ1v) is 6.60. The molecule has 0 atom stereocenters. The molecule has 0 heterocycles. The SMILES string of the molecule is Cc1cc(Oc2cc(Br)ccc2CO)ccc1Cl. The zero-order valence-corrected chi connectivity index (χ0v) is 12.1. The van der Waals surface area contributed by atoms with Crippen LogP contribution < -0.4 is 4.74 Å². The molecule has 2 rings (SSSR count). The number of aryl methyl sites for hydroxylation is 1. The Balaban J connectivity index is 2.33. The first-order chi connectivity index (χ1) is 8.60. The lowest BCUT2D eigenvalue weighted by Crippen LogP contribution is -1.92. The van der Waals surface area contributed by atoms with Crippen LogP contribution >= 0.6 is 27.5 Å². The summed E-state index contributed by atoms with van der Waals surface area (Å²) in [4.78, 5) is 0. The Morgan fingerprint density at radius 3 is 2.67 bits per heavy atom. The molecule has 2 aromatic carbocycles. The van der Waals surface area contributed by atoms with E-state index in [1.54, 1.807) is 12.1 Å². The molecule has 0 bridgehead atoms. The van der Waals surface area contributed by atoms with Gasteiger partial charge in [-0.2, -0.15) is 0 Å². The van der Waals surface area contributed by atoms with E-state index in [2.05, 4.69) is 15.9 Å². The Morgan fingerprint density at radius 1 is 1.22 bits per heavy atom. The molecule has 4 heteroatoms. The van der Waals surface area contributed by atoms with Crippen LogP contribution in [0, 0.1) is 6.92 Å². The van der Waals surface area contributed by atoms with E-state index < -0.39 is 0 Å². The van der Waals surface area contributed by atoms with Gasteiger partial charge in [-0.15, -0.1) is 0 Å². The number of hydrogen-bond donors (Lipinski definition) is 1. The van der Waals surface area contributed by atoms with E-state index >= 15 is 0 Å². The second kappa shape index (κ2) is 5.74. The van der Waals surface area contributed by atoms with Crippen molar-refractivity contribution >= 4 is 27.5 Å². The molecule has 18 heavy (non-hydrogen) atoms. The van der Waals surface area contributed by atoms with Crippen molar-refractivity contribution in [1.82, 2.24) is 0 Å². The molecule has 0 aromatic heterocycles. The van der Waals surface area contributed by atoms with E-state index in [4.69, 9.17) is 16.3 Å². The summed E-state index contributed by atoms with van der Waals surface area (Å²) in [6, 6.07) is 11.0. The Morgan fingerprint density at radius 2 is 2.00 bits per heavy atom. The fourth-order valence-electron chi connectivity index (χ4n) is 1.56. The molecule has 94 valence electrons. The summed E-state index contributed by atoms with van der Waals surface area (Å²) in [6.07, 6.45) is 0. The van der Waals surface area contributed by atoms with Crippen molar-refractivity contribution in [3.8, 4) is 11.5 Å². The largest absolute Gasteiger partial charge is 0.457 e. The van der Waals surface area contributed by atoms with Crippen LogP contribution in [0.15, 0.2) is 40.9 Å². The molecular weight excluding hydrogens is 316 g/mol. The molecular formula is C14H12BrClO2. The molecule has 0 fully saturated rings. The summed E-state index contributed by atoms with van der Waals surface area (Å²) in [6.45, 7) is 1.86. The topological polar surface area (TPSA) is 29.5 Å². The van der Waals surface area contributed by atoms with Gasteiger partial charge in [-0.25, -0.2) is 0 Å². The molecule has 0 aliphatic heterocycles. The van der Waals surface area contributed by atoms with Gasteiger partial charge in [0.2, 0.25) is 0 Å². The van der Waals surface area contributed by atoms with Crippen LogP contribution in [-0.4, -0.2) is 5.11 Å². The molecule has 2 aromatic rings. The summed E-state index contributed by atoms with van der Waals surface area (Å²) >= 11 is 9.35. The van der Waals surface area contributed by atoms with E-state index in [9.17, 15) is 5.11 Å². The lowest BCUT2D eigenvalue weighted by atomic mass is 10.2. The van der Waals surface area contributed by atoms with Crippen molar-refractivity contribution in [2.45, 2.75) is 13.5 Å². The fourth-order valence-corrected chi connectivity index (χ4v) is 2.02. The maximum absolute atomic E-state index is 9.27. The van der Waals surface area contributed by atoms with Gasteiger partial charge in [0, 0.05) is 15.1 Å². The predicted molar refractivity (Wildman–Crippen MR) is 76.3 cm³/mol. The van der Waals surface area contributed by atoms with Gasteiger partial charge >= 0.3 is 0 Å². The van der Waals surface area contributed by atoms with Gasteiger partial charge in [0.15, 0.2) is 0 Å². The molecule has 0 aliphatic rings. The average molecular weight is 328 g/mol. The number of hydrogen-bond acceptors (Lipinski definition) is 2. The first kappa shape index (κ1) is 13.4. The Bertz CT molecular complexity index is 570. The van der Waals surface area contributed by atoms with E-state index in [1.807, 2.05) is 31.2 Å². The molecule has 0 radical (unpaired) electrons. The standard InChI is InChI=1S/C14H12BrClO2/c1-9-6-12(4-5-13(9)16)18-14-7-11(15)3-2-10(14)8-17/h2-7,17H,8H2,1H3. The van der Waals surface area contributed by atoms with Gasteiger partial charge in [-0.1, -0.05) is 33.6 Å². The smallest absolute Gasteiger partial charge is 0.134 e. The van der Waals surface area contributed by atoms with E-state index in [-0.39, 0.29) is 6.61 Å². The molecule has 1 N–H and O–H groups in total. The molecule has 0 saturated heterocycles. The normalized spacial score (nSPS) is 10.4. The minimum atomic E-state index is -0.0603. The summed E-state index contributed by atoms with van der Waals surface area (Å²) < 4.78 is 6.67. The lowest BCUT2D eigenvalue weighted by Gasteiger charge is -2.11. The highest BCUT2D eigenvalue weighted by atomic mass is 79.9. The van der Waals surface area contributed by atoms with Crippen LogP contribution in [0.2, 0.25) is 5.02 Å². The molecule has 0 spiro atoms. The van der Waals surface area contributed by atoms with Crippen LogP contribution in [0.25, 0.3) is 0 Å². The minimum Gasteiger partial charge on any atom is -0.457 e. The van der Waals surface area contributed by atoms with Gasteiger partial charge in [0.25, 0.3) is 0 Å². The van der Waals surface area contributed by atoms with Crippen LogP contribution in [0.3, 0.4) is 0 Å². The van der Waals surface area contributed by atoms with Gasteiger partial charge < -0.3 is 9.84 Å². The summed E-state index contributed by atoms with van der Waals surface area (Å²) in [5.41, 5.74) is 1.69. The average Bonchev–Trinajstić information content (AvgIpc) is 2.34. The Hall–Kier alpha value is -1.03. The van der Waals surface area contributed by atoms with Crippen molar-refractivity contribution in [3.05, 3.63) is 57.0 Å². The second-order valence-corrected chi connectivity index (χ2v) is 5.25. The summed E-state index contributed by atoms with van der Waals surface area (Å²) in [7, 11) is 0. The number of halogens is 2. The zero-order chi connectivity index (χ0) is 13.1. The second-order valence-electron chi connectivity index (χ2n) is 3.92. The first-order valence-electron chi connectivity index (χ1n) is 5.43. The number of benzene rings is 2. The lowest BCUT2D eigenvalue weighted by molar-refractivity contribution is 0.276. The van der Waals surface area contributed by atoms with Gasteiger partial charge in [-0.05, 0) is 42.8 Å². The van der Waals surface area contributed by atoms with E-state index in [0.29, 0.717) is 16.5 Å². The molecule has 0 saturated carbocycles. The fraction of sp³-hybridized carbons (Fsp3) is 0.143. The Labute approximate surface area is 119 Å². The van der Waals surface area contributed by atoms with Gasteiger partial charge in [0.1, 0.15) is 11.5 Å². The van der Waals surface area contributed by atoms with Crippen molar-refractivity contribution < 1.29 is 9.84 Å². The van der Waals surface area contributed by atoms with Crippen LogP contribution in [0.4, 0.5) is 0 Å². The number of ether oxygens (including phenoxy) is 1. The predicted octanol–water partition coefficient (Wildman–Crippen LogP) is 4.70. The zero-order valence-electron chi connectivity index (χ0n) is 9.78. The van der Waals surface area contributed by atoms with Crippen LogP contribution in [0.5, 0.6) is 11.5 Å². The quantitative estimate of drug-likeness (QED) is 0.885. The number of aliphatic hydroxyl groups is 1. The van der Waals surface area contributed by atoms with Gasteiger partial charge in [0.05, 0.1) is 6.61 Å². The maximum atomic E-state index is 9.27. The maximum Gasteiger partial charge on any atom is 0.134 e. The third kappa shape index (κ3) is 3.05. The van der Waals surface area contributed by atoms with Crippen LogP contribution in [0.1, 0.15) is 11.1 Å². The molecule has 0 aliphatic carbocycles. The highest BCUT2D eigenvalue weighted by molar-refractivity contribution is 9.10. The minimum absolute atomic E-state index is 0.0603. The highest BCUT2D eigenvalue weighted by Gasteiger charge is 2.06. The third-order valence-electron chi connectivity index (χ3n) is 2.56. The third-order valence-corrected chi connectivity index (χ3v) is 3.47. The van der Waals surface area contributed by atoms with Crippen molar-refractivity contribution in [2.24, 2.45) is 0 Å². The van der Waals surface area contributed by atoms with Crippen molar-refractivity contribution in [2.75, 3.05) is 0 Å². The molecule has 2 nitrogen and oxygen atoms in total. The monoisotopic (exact) mass is 326 g/mol. The molecule has 0 unspecified atom stereocenters. The summed E-state index contributed by atoms with van der Waals surface area (Å²) in [5, 5.41) is 9.98. The van der Waals surface area contributed by atoms with E-state index in [1.165, 1.54) is 0 Å².